The Morgan fingerprint density at radius 1 is 1.19 bits per heavy atom. The normalized spacial score (nSPS) is 18.4. The van der Waals surface area contributed by atoms with Crippen molar-refractivity contribution >= 4 is 83.1 Å². The maximum Gasteiger partial charge on any atom is 0.418 e. The van der Waals surface area contributed by atoms with Crippen LogP contribution in [0.15, 0.2) is 39.8 Å². The second kappa shape index (κ2) is 17.8. The lowest BCUT2D eigenvalue weighted by Gasteiger charge is -2.50. The van der Waals surface area contributed by atoms with Crippen molar-refractivity contribution in [1.82, 2.24) is 10.0 Å². The Balaban J connectivity index is 0.00000384. The molecule has 6 N–H and O–H groups in total. The Morgan fingerprint density at radius 3 is 2.33 bits per heavy atom. The van der Waals surface area contributed by atoms with Crippen LogP contribution in [0.1, 0.15) is 64.6 Å². The highest BCUT2D eigenvalue weighted by molar-refractivity contribution is 7.80. The van der Waals surface area contributed by atoms with Gasteiger partial charge < -0.3 is 26.1 Å². The molecular formula is C28H42N6O10S4. The van der Waals surface area contributed by atoms with E-state index in [1.807, 2.05) is 0 Å². The van der Waals surface area contributed by atoms with Crippen LogP contribution in [-0.2, 0) is 33.9 Å². The molecule has 268 valence electrons. The smallest absolute Gasteiger partial charge is 0.418 e. The molecule has 2 heterocycles. The zero-order chi connectivity index (χ0) is 32.9. The Morgan fingerprint density at radius 2 is 1.81 bits per heavy atom. The summed E-state index contributed by atoms with van der Waals surface area (Å²) in [5.41, 5.74) is 10.8. The molecule has 16 nitrogen and oxygen atoms in total. The molecule has 1 saturated heterocycles. The summed E-state index contributed by atoms with van der Waals surface area (Å²) in [7, 11) is -4.98. The molecule has 0 bridgehead atoms. The number of aromatic nitrogens is 1. The molecule has 2 atom stereocenters. The van der Waals surface area contributed by atoms with Crippen LogP contribution < -0.4 is 16.2 Å². The van der Waals surface area contributed by atoms with Crippen LogP contribution in [0.4, 0.5) is 5.13 Å². The number of thiazole rings is 1. The van der Waals surface area contributed by atoms with Crippen LogP contribution in [-0.4, -0.2) is 82.1 Å². The van der Waals surface area contributed by atoms with Gasteiger partial charge in [-0.3, -0.25) is 19.1 Å². The van der Waals surface area contributed by atoms with Gasteiger partial charge in [-0.2, -0.15) is 40.5 Å². The predicted octanol–water partition coefficient (Wildman–Crippen LogP) is 2.67. The summed E-state index contributed by atoms with van der Waals surface area (Å²) >= 11 is 0.986. The van der Waals surface area contributed by atoms with E-state index in [0.29, 0.717) is 34.7 Å². The van der Waals surface area contributed by atoms with Gasteiger partial charge in [0.25, 0.3) is 12.0 Å². The highest BCUT2D eigenvalue weighted by Crippen LogP contribution is 2.40. The number of hydroxylamine groups is 2. The lowest BCUT2D eigenvalue weighted by atomic mass is 9.74. The standard InChI is InChI=1S/C27H34N6O10S2.CH4.2H2S/c1-27(2)18(24(35)33(27)43-45(38,39)40)11-20(34)22(19-14-44-26(29)31-19)32-42-21(25(36)37)13-41-17-9-7-16(8-10-17)23(28)30-12-15-5-3-4-6-15;;;/h7-10,14-15,18,21H,3-6,11-13H2,1-2H3,(H2,28,30)(H2,29,31)(H,36,37)(H,38,39,40);1H4;2*1H2/b32-22-;;;/t18?,21-;;;/m0.../s1. The van der Waals surface area contributed by atoms with Gasteiger partial charge in [0.1, 0.15) is 23.9 Å². The van der Waals surface area contributed by atoms with Crippen LogP contribution in [0.5, 0.6) is 5.75 Å². The number of carboxylic acids is 1. The van der Waals surface area contributed by atoms with E-state index in [-0.39, 0.29) is 45.2 Å². The molecule has 20 heteroatoms. The number of rotatable bonds is 15. The molecule has 1 amide bonds. The third-order valence-corrected chi connectivity index (χ3v) is 8.57. The van der Waals surface area contributed by atoms with E-state index in [9.17, 15) is 27.9 Å². The van der Waals surface area contributed by atoms with E-state index in [1.54, 1.807) is 24.3 Å². The first kappa shape index (κ1) is 42.6. The number of nitrogens with two attached hydrogens (primary N) is 2. The van der Waals surface area contributed by atoms with Gasteiger partial charge in [-0.05, 0) is 56.9 Å². The third-order valence-electron chi connectivity index (χ3n) is 7.55. The molecule has 1 aliphatic carbocycles. The van der Waals surface area contributed by atoms with Crippen molar-refractivity contribution in [2.45, 2.75) is 65.0 Å². The van der Waals surface area contributed by atoms with Crippen molar-refractivity contribution in [3.63, 3.8) is 0 Å². The number of hydrogen-bond acceptors (Lipinski definition) is 13. The quantitative estimate of drug-likeness (QED) is 0.0673. The van der Waals surface area contributed by atoms with Gasteiger partial charge in [0, 0.05) is 23.9 Å². The predicted molar refractivity (Wildman–Crippen MR) is 189 cm³/mol. The molecule has 1 aromatic heterocycles. The number of ketones is 1. The summed E-state index contributed by atoms with van der Waals surface area (Å²) in [6, 6.07) is 6.61. The number of nitrogens with zero attached hydrogens (tertiary/aromatic N) is 4. The second-order valence-corrected chi connectivity index (χ2v) is 13.0. The molecule has 2 aromatic rings. The topological polar surface area (TPSA) is 246 Å². The Hall–Kier alpha value is -3.43. The molecule has 0 spiro atoms. The lowest BCUT2D eigenvalue weighted by Crippen LogP contribution is -2.68. The number of amidine groups is 1. The van der Waals surface area contributed by atoms with Crippen molar-refractivity contribution in [1.29, 1.82) is 0 Å². The molecule has 1 saturated carbocycles. The number of carboxylic acid groups (broad SMARTS) is 1. The fourth-order valence-corrected chi connectivity index (χ4v) is 5.96. The largest absolute Gasteiger partial charge is 0.489 e. The molecule has 1 unspecified atom stereocenters. The fraction of sp³-hybridized carbons (Fsp3) is 0.500. The number of carbonyl (C=O) groups is 3. The highest BCUT2D eigenvalue weighted by atomic mass is 32.3. The van der Waals surface area contributed by atoms with E-state index in [4.69, 9.17) is 25.6 Å². The fourth-order valence-electron chi connectivity index (χ4n) is 4.95. The zero-order valence-electron chi connectivity index (χ0n) is 25.5. The Kier molecular flexibility index (Phi) is 15.8. The van der Waals surface area contributed by atoms with Crippen LogP contribution in [0.2, 0.25) is 0 Å². The Labute approximate surface area is 296 Å². The van der Waals surface area contributed by atoms with Crippen molar-refractivity contribution in [3.8, 4) is 5.75 Å². The lowest BCUT2D eigenvalue weighted by molar-refractivity contribution is -0.228. The molecule has 2 fully saturated rings. The first-order chi connectivity index (χ1) is 21.2. The van der Waals surface area contributed by atoms with Crippen LogP contribution >= 0.6 is 38.3 Å². The average molecular weight is 751 g/mol. The number of carbonyl (C=O) groups excluding carboxylic acids is 2. The number of amides is 1. The molecule has 2 aliphatic rings. The molecular weight excluding hydrogens is 709 g/mol. The number of anilines is 1. The first-order valence-electron chi connectivity index (χ1n) is 13.9. The number of β-lactam (4-membered cyclic amide) rings is 1. The summed E-state index contributed by atoms with van der Waals surface area (Å²) in [6.45, 7) is 3.04. The summed E-state index contributed by atoms with van der Waals surface area (Å²) in [4.78, 5) is 51.4. The number of hydrogen-bond donors (Lipinski definition) is 4. The SMILES string of the molecule is C.CC1(C)C(CC(=O)/C(=N\O[C@@H](COc2ccc(C(N)=NCC3CCCC3)cc2)C(=O)O)c2csc(N)n2)C(=O)N1OS(=O)(=O)O.S.S. The maximum atomic E-state index is 13.3. The minimum atomic E-state index is -4.98. The molecule has 48 heavy (non-hydrogen) atoms. The number of aliphatic carboxylic acids is 1. The number of nitrogen functional groups attached to an aromatic ring is 1. The number of oxime groups is 1. The van der Waals surface area contributed by atoms with Crippen molar-refractivity contribution in [2.24, 2.45) is 27.7 Å². The highest BCUT2D eigenvalue weighted by Gasteiger charge is 2.57. The monoisotopic (exact) mass is 750 g/mol. The number of aliphatic imine (C=N–C) groups is 1. The van der Waals surface area contributed by atoms with E-state index < -0.39 is 64.4 Å². The number of benzene rings is 1. The third kappa shape index (κ3) is 10.8. The molecule has 1 aromatic carbocycles. The number of ether oxygens (including phenoxy) is 1. The minimum Gasteiger partial charge on any atom is -0.489 e. The van der Waals surface area contributed by atoms with Gasteiger partial charge in [-0.1, -0.05) is 25.4 Å². The van der Waals surface area contributed by atoms with Gasteiger partial charge in [0.05, 0.1) is 11.5 Å². The summed E-state index contributed by atoms with van der Waals surface area (Å²) in [5, 5.41) is 15.4. The summed E-state index contributed by atoms with van der Waals surface area (Å²) in [6.07, 6.45) is 2.59. The molecule has 0 radical (unpaired) electrons. The van der Waals surface area contributed by atoms with Gasteiger partial charge in [-0.25, -0.2) is 9.78 Å². The first-order valence-corrected chi connectivity index (χ1v) is 16.2. The summed E-state index contributed by atoms with van der Waals surface area (Å²) < 4.78 is 41.0. The maximum absolute atomic E-state index is 13.3. The van der Waals surface area contributed by atoms with Crippen molar-refractivity contribution in [3.05, 3.63) is 40.9 Å². The molecule has 1 aliphatic heterocycles. The van der Waals surface area contributed by atoms with Crippen LogP contribution in [0.3, 0.4) is 0 Å². The van der Waals surface area contributed by atoms with Gasteiger partial charge in [0.15, 0.2) is 16.6 Å². The van der Waals surface area contributed by atoms with Crippen molar-refractivity contribution in [2.75, 3.05) is 18.9 Å². The summed E-state index contributed by atoms with van der Waals surface area (Å²) in [5.74, 6) is -2.88. The van der Waals surface area contributed by atoms with E-state index >= 15 is 0 Å². The van der Waals surface area contributed by atoms with Crippen molar-refractivity contribution < 1.29 is 46.3 Å². The van der Waals surface area contributed by atoms with Crippen LogP contribution in [0.25, 0.3) is 0 Å². The zero-order valence-corrected chi connectivity index (χ0v) is 29.1. The van der Waals surface area contributed by atoms with Crippen LogP contribution in [0, 0.1) is 11.8 Å². The Bertz CT molecular complexity index is 1590. The minimum absolute atomic E-state index is 0. The average Bonchev–Trinajstić information content (AvgIpc) is 3.66. The van der Waals surface area contributed by atoms with Gasteiger partial charge >= 0.3 is 16.4 Å². The van der Waals surface area contributed by atoms with E-state index in [0.717, 1.165) is 24.2 Å². The second-order valence-electron chi connectivity index (χ2n) is 11.1. The number of Topliss-reactive ketones (excluding diaryl/α,β-unsaturated/α-hetero) is 1. The van der Waals surface area contributed by atoms with E-state index in [1.165, 1.54) is 32.1 Å². The van der Waals surface area contributed by atoms with Gasteiger partial charge in [0.2, 0.25) is 0 Å². The van der Waals surface area contributed by atoms with Gasteiger partial charge in [-0.15, -0.1) is 15.6 Å². The molecule has 4 rings (SSSR count). The van der Waals surface area contributed by atoms with E-state index in [2.05, 4.69) is 19.4 Å².